The van der Waals surface area contributed by atoms with Crippen molar-refractivity contribution in [2.24, 2.45) is 5.92 Å². The van der Waals surface area contributed by atoms with Crippen LogP contribution in [0.15, 0.2) is 30.3 Å². The molecule has 0 spiro atoms. The Morgan fingerprint density at radius 1 is 1.30 bits per heavy atom. The van der Waals surface area contributed by atoms with Crippen LogP contribution in [0.4, 0.5) is 0 Å². The summed E-state index contributed by atoms with van der Waals surface area (Å²) < 4.78 is 5.76. The van der Waals surface area contributed by atoms with Gasteiger partial charge in [0.05, 0.1) is 6.61 Å². The molecule has 2 rings (SSSR count). The fourth-order valence-corrected chi connectivity index (χ4v) is 2.67. The summed E-state index contributed by atoms with van der Waals surface area (Å²) in [7, 11) is 0. The van der Waals surface area contributed by atoms with Crippen molar-refractivity contribution in [3.05, 3.63) is 30.3 Å². The maximum absolute atomic E-state index is 5.76. The van der Waals surface area contributed by atoms with Gasteiger partial charge in [-0.25, -0.2) is 0 Å². The molecule has 1 aliphatic rings. The minimum Gasteiger partial charge on any atom is -0.494 e. The minimum atomic E-state index is 0.632. The predicted molar refractivity (Wildman–Crippen MR) is 84.2 cm³/mol. The third-order valence-corrected chi connectivity index (χ3v) is 3.95. The van der Waals surface area contributed by atoms with E-state index < -0.39 is 0 Å². The van der Waals surface area contributed by atoms with Crippen molar-refractivity contribution in [1.82, 2.24) is 10.2 Å². The van der Waals surface area contributed by atoms with Crippen molar-refractivity contribution in [1.29, 1.82) is 0 Å². The SMILES string of the molecule is CC(C)C1CN(CCCOc2ccccc2)CCCN1. The van der Waals surface area contributed by atoms with E-state index in [-0.39, 0.29) is 0 Å². The van der Waals surface area contributed by atoms with E-state index >= 15 is 0 Å². The van der Waals surface area contributed by atoms with Crippen molar-refractivity contribution < 1.29 is 4.74 Å². The quantitative estimate of drug-likeness (QED) is 0.809. The smallest absolute Gasteiger partial charge is 0.119 e. The summed E-state index contributed by atoms with van der Waals surface area (Å²) in [6, 6.07) is 10.7. The largest absolute Gasteiger partial charge is 0.494 e. The monoisotopic (exact) mass is 276 g/mol. The molecule has 112 valence electrons. The molecule has 3 heteroatoms. The molecule has 1 saturated heterocycles. The second-order valence-electron chi connectivity index (χ2n) is 5.97. The lowest BCUT2D eigenvalue weighted by atomic mass is 10.0. The Balaban J connectivity index is 1.67. The highest BCUT2D eigenvalue weighted by Gasteiger charge is 2.19. The van der Waals surface area contributed by atoms with E-state index in [2.05, 4.69) is 24.1 Å². The summed E-state index contributed by atoms with van der Waals surface area (Å²) >= 11 is 0. The lowest BCUT2D eigenvalue weighted by molar-refractivity contribution is 0.218. The van der Waals surface area contributed by atoms with Gasteiger partial charge < -0.3 is 15.0 Å². The average Bonchev–Trinajstić information content (AvgIpc) is 2.70. The van der Waals surface area contributed by atoms with Crippen LogP contribution in [0, 0.1) is 5.92 Å². The molecular formula is C17H28N2O. The van der Waals surface area contributed by atoms with Gasteiger partial charge in [-0.3, -0.25) is 0 Å². The van der Waals surface area contributed by atoms with Crippen LogP contribution in [0.1, 0.15) is 26.7 Å². The summed E-state index contributed by atoms with van der Waals surface area (Å²) in [6.07, 6.45) is 2.35. The first kappa shape index (κ1) is 15.3. The van der Waals surface area contributed by atoms with Crippen LogP contribution in [-0.4, -0.2) is 43.7 Å². The van der Waals surface area contributed by atoms with Crippen LogP contribution in [0.25, 0.3) is 0 Å². The molecule has 0 aromatic heterocycles. The van der Waals surface area contributed by atoms with E-state index in [0.29, 0.717) is 12.0 Å². The van der Waals surface area contributed by atoms with Crippen LogP contribution >= 0.6 is 0 Å². The number of ether oxygens (including phenoxy) is 1. The third-order valence-electron chi connectivity index (χ3n) is 3.95. The van der Waals surface area contributed by atoms with Gasteiger partial charge in [-0.05, 0) is 44.0 Å². The van der Waals surface area contributed by atoms with Gasteiger partial charge in [0.25, 0.3) is 0 Å². The van der Waals surface area contributed by atoms with E-state index in [0.717, 1.165) is 31.9 Å². The molecule has 1 heterocycles. The number of nitrogens with one attached hydrogen (secondary N) is 1. The fraction of sp³-hybridized carbons (Fsp3) is 0.647. The molecule has 1 aliphatic heterocycles. The summed E-state index contributed by atoms with van der Waals surface area (Å²) in [5, 5.41) is 3.65. The predicted octanol–water partition coefficient (Wildman–Crippen LogP) is 2.78. The number of rotatable bonds is 6. The Morgan fingerprint density at radius 3 is 2.85 bits per heavy atom. The topological polar surface area (TPSA) is 24.5 Å². The zero-order chi connectivity index (χ0) is 14.2. The maximum Gasteiger partial charge on any atom is 0.119 e. The molecule has 0 aliphatic carbocycles. The van der Waals surface area contributed by atoms with E-state index in [1.54, 1.807) is 0 Å². The zero-order valence-corrected chi connectivity index (χ0v) is 12.8. The van der Waals surface area contributed by atoms with E-state index in [4.69, 9.17) is 4.74 Å². The molecule has 20 heavy (non-hydrogen) atoms. The Bertz CT molecular complexity index is 367. The molecule has 0 amide bonds. The lowest BCUT2D eigenvalue weighted by Gasteiger charge is -2.26. The number of para-hydroxylation sites is 1. The molecule has 1 aromatic rings. The van der Waals surface area contributed by atoms with Crippen LogP contribution in [0.5, 0.6) is 5.75 Å². The average molecular weight is 276 g/mol. The summed E-state index contributed by atoms with van der Waals surface area (Å²) in [4.78, 5) is 2.58. The van der Waals surface area contributed by atoms with Gasteiger partial charge in [-0.1, -0.05) is 32.0 Å². The van der Waals surface area contributed by atoms with Gasteiger partial charge in [0, 0.05) is 19.1 Å². The zero-order valence-electron chi connectivity index (χ0n) is 12.8. The molecule has 1 fully saturated rings. The Labute approximate surface area is 123 Å². The first-order chi connectivity index (χ1) is 9.75. The third kappa shape index (κ3) is 5.14. The first-order valence-electron chi connectivity index (χ1n) is 7.89. The number of nitrogens with zero attached hydrogens (tertiary/aromatic N) is 1. The van der Waals surface area contributed by atoms with E-state index in [9.17, 15) is 0 Å². The summed E-state index contributed by atoms with van der Waals surface area (Å²) in [6.45, 7) is 10.1. The van der Waals surface area contributed by atoms with E-state index in [1.165, 1.54) is 19.5 Å². The Hall–Kier alpha value is -1.06. The highest BCUT2D eigenvalue weighted by atomic mass is 16.5. The van der Waals surface area contributed by atoms with Crippen LogP contribution in [-0.2, 0) is 0 Å². The molecule has 0 saturated carbocycles. The minimum absolute atomic E-state index is 0.632. The van der Waals surface area contributed by atoms with Crippen molar-refractivity contribution in [2.75, 3.05) is 32.8 Å². The normalized spacial score (nSPS) is 20.9. The van der Waals surface area contributed by atoms with Crippen LogP contribution in [0.2, 0.25) is 0 Å². The second kappa shape index (κ2) is 8.28. The lowest BCUT2D eigenvalue weighted by Crippen LogP contribution is -2.41. The molecule has 0 bridgehead atoms. The molecule has 1 atom stereocenters. The highest BCUT2D eigenvalue weighted by molar-refractivity contribution is 5.20. The molecule has 0 radical (unpaired) electrons. The molecule has 3 nitrogen and oxygen atoms in total. The van der Waals surface area contributed by atoms with Gasteiger partial charge in [0.2, 0.25) is 0 Å². The second-order valence-corrected chi connectivity index (χ2v) is 5.97. The van der Waals surface area contributed by atoms with Gasteiger partial charge in [-0.15, -0.1) is 0 Å². The maximum atomic E-state index is 5.76. The van der Waals surface area contributed by atoms with Crippen molar-refractivity contribution >= 4 is 0 Å². The Kier molecular flexibility index (Phi) is 6.34. The van der Waals surface area contributed by atoms with Gasteiger partial charge in [0.1, 0.15) is 5.75 Å². The van der Waals surface area contributed by atoms with Gasteiger partial charge in [0.15, 0.2) is 0 Å². The van der Waals surface area contributed by atoms with Crippen LogP contribution in [0.3, 0.4) is 0 Å². The Morgan fingerprint density at radius 2 is 2.10 bits per heavy atom. The molecule has 1 unspecified atom stereocenters. The van der Waals surface area contributed by atoms with Crippen molar-refractivity contribution in [2.45, 2.75) is 32.7 Å². The number of hydrogen-bond acceptors (Lipinski definition) is 3. The van der Waals surface area contributed by atoms with E-state index in [1.807, 2.05) is 30.3 Å². The number of benzene rings is 1. The van der Waals surface area contributed by atoms with Crippen LogP contribution < -0.4 is 10.1 Å². The molecular weight excluding hydrogens is 248 g/mol. The van der Waals surface area contributed by atoms with Crippen molar-refractivity contribution in [3.63, 3.8) is 0 Å². The highest BCUT2D eigenvalue weighted by Crippen LogP contribution is 2.11. The molecule has 1 N–H and O–H groups in total. The summed E-state index contributed by atoms with van der Waals surface area (Å²) in [5.41, 5.74) is 0. The van der Waals surface area contributed by atoms with Crippen molar-refractivity contribution in [3.8, 4) is 5.75 Å². The first-order valence-corrected chi connectivity index (χ1v) is 7.89. The van der Waals surface area contributed by atoms with Gasteiger partial charge in [-0.2, -0.15) is 0 Å². The van der Waals surface area contributed by atoms with Gasteiger partial charge >= 0.3 is 0 Å². The summed E-state index contributed by atoms with van der Waals surface area (Å²) in [5.74, 6) is 1.68. The fourth-order valence-electron chi connectivity index (χ4n) is 2.67. The standard InChI is InChI=1S/C17H28N2O/c1-15(2)17-14-19(11-6-10-18-17)12-7-13-20-16-8-4-3-5-9-16/h3-5,8-9,15,17-18H,6-7,10-14H2,1-2H3. The number of hydrogen-bond donors (Lipinski definition) is 1. The molecule has 1 aromatic carbocycles.